The van der Waals surface area contributed by atoms with Gasteiger partial charge in [-0.25, -0.2) is 0 Å². The molecule has 8 nitrogen and oxygen atoms in total. The Labute approximate surface area is 72.0 Å². The zero-order valence-electron chi connectivity index (χ0n) is 6.67. The van der Waals surface area contributed by atoms with Crippen molar-refractivity contribution in [1.82, 2.24) is 14.8 Å². The van der Waals surface area contributed by atoms with Gasteiger partial charge in [0.25, 0.3) is 0 Å². The van der Waals surface area contributed by atoms with Crippen molar-refractivity contribution in [3.8, 4) is 0 Å². The van der Waals surface area contributed by atoms with Gasteiger partial charge in [0.15, 0.2) is 6.54 Å². The van der Waals surface area contributed by atoms with E-state index in [9.17, 15) is 14.9 Å². The Kier molecular flexibility index (Phi) is 2.22. The zero-order valence-corrected chi connectivity index (χ0v) is 6.67. The molecule has 0 amide bonds. The van der Waals surface area contributed by atoms with Gasteiger partial charge in [0.2, 0.25) is 5.82 Å². The van der Waals surface area contributed by atoms with E-state index < -0.39 is 23.4 Å². The van der Waals surface area contributed by atoms with Crippen molar-refractivity contribution in [2.24, 2.45) is 0 Å². The quantitative estimate of drug-likeness (QED) is 0.506. The Morgan fingerprint density at radius 1 is 1.77 bits per heavy atom. The molecule has 1 aromatic rings. The van der Waals surface area contributed by atoms with Gasteiger partial charge < -0.3 is 15.2 Å². The fourth-order valence-corrected chi connectivity index (χ4v) is 0.760. The minimum atomic E-state index is -1.12. The number of aromatic nitrogens is 3. The Balaban J connectivity index is 2.96. The molecule has 0 aromatic carbocycles. The summed E-state index contributed by atoms with van der Waals surface area (Å²) in [5, 5.41) is 21.9. The summed E-state index contributed by atoms with van der Waals surface area (Å²) in [7, 11) is 0. The van der Waals surface area contributed by atoms with Crippen molar-refractivity contribution >= 4 is 11.9 Å². The smallest absolute Gasteiger partial charge is 0.480 e. The first kappa shape index (κ1) is 9.10. The maximum absolute atomic E-state index is 10.2. The molecular formula is C5H6N4O4. The number of aliphatic carboxylic acids is 1. The highest BCUT2D eigenvalue weighted by atomic mass is 16.6. The molecule has 0 unspecified atom stereocenters. The Hall–Kier alpha value is -1.99. The number of carbonyl (C=O) groups is 1. The van der Waals surface area contributed by atoms with Gasteiger partial charge in [-0.3, -0.25) is 4.79 Å². The minimum absolute atomic E-state index is 0.203. The average Bonchev–Trinajstić information content (AvgIpc) is 2.31. The van der Waals surface area contributed by atoms with Crippen LogP contribution < -0.4 is 0 Å². The fraction of sp³-hybridized carbons (Fsp3) is 0.400. The van der Waals surface area contributed by atoms with Crippen molar-refractivity contribution < 1.29 is 14.8 Å². The molecule has 0 saturated heterocycles. The van der Waals surface area contributed by atoms with E-state index in [1.807, 2.05) is 0 Å². The predicted octanol–water partition coefficient (Wildman–Crippen LogP) is -0.421. The molecule has 1 rings (SSSR count). The maximum atomic E-state index is 10.2. The first-order valence-corrected chi connectivity index (χ1v) is 3.28. The standard InChI is InChI=1S/C5H6N4O4/c1-3-6-5(9(12)13)7-8(3)2-4(10)11/h2H2,1H3,(H,10,11). The van der Waals surface area contributed by atoms with Gasteiger partial charge >= 0.3 is 11.9 Å². The van der Waals surface area contributed by atoms with Gasteiger partial charge in [0.1, 0.15) is 0 Å². The second-order valence-electron chi connectivity index (χ2n) is 2.27. The van der Waals surface area contributed by atoms with Crippen molar-refractivity contribution in [3.63, 3.8) is 0 Å². The van der Waals surface area contributed by atoms with Gasteiger partial charge in [-0.05, 0) is 9.91 Å². The molecule has 0 spiro atoms. The van der Waals surface area contributed by atoms with Crippen LogP contribution in [0.25, 0.3) is 0 Å². The van der Waals surface area contributed by atoms with E-state index in [1.165, 1.54) is 6.92 Å². The second-order valence-corrected chi connectivity index (χ2v) is 2.27. The highest BCUT2D eigenvalue weighted by Crippen LogP contribution is 2.04. The van der Waals surface area contributed by atoms with Crippen LogP contribution in [-0.2, 0) is 11.3 Å². The number of nitro groups is 1. The third-order valence-corrected chi connectivity index (χ3v) is 1.29. The van der Waals surface area contributed by atoms with Crippen LogP contribution in [0.1, 0.15) is 5.82 Å². The number of hydrogen-bond acceptors (Lipinski definition) is 5. The number of rotatable bonds is 3. The van der Waals surface area contributed by atoms with Crippen LogP contribution in [0.3, 0.4) is 0 Å². The van der Waals surface area contributed by atoms with Gasteiger partial charge in [-0.2, -0.15) is 4.68 Å². The largest absolute Gasteiger partial charge is 0.491 e. The normalized spacial score (nSPS) is 9.92. The van der Waals surface area contributed by atoms with E-state index in [0.29, 0.717) is 0 Å². The number of carboxylic acid groups (broad SMARTS) is 1. The van der Waals surface area contributed by atoms with E-state index in [1.54, 1.807) is 0 Å². The van der Waals surface area contributed by atoms with Gasteiger partial charge in [0.05, 0.1) is 0 Å². The zero-order chi connectivity index (χ0) is 10.0. The molecule has 0 aliphatic rings. The van der Waals surface area contributed by atoms with Crippen LogP contribution in [0.4, 0.5) is 5.95 Å². The molecule has 0 bridgehead atoms. The van der Waals surface area contributed by atoms with Gasteiger partial charge in [0, 0.05) is 12.0 Å². The SMILES string of the molecule is Cc1nc([N+](=O)[O-])nn1CC(=O)O. The summed E-state index contributed by atoms with van der Waals surface area (Å²) in [6, 6.07) is 0. The summed E-state index contributed by atoms with van der Waals surface area (Å²) in [5.41, 5.74) is 0. The molecule has 1 heterocycles. The summed E-state index contributed by atoms with van der Waals surface area (Å²) >= 11 is 0. The maximum Gasteiger partial charge on any atom is 0.491 e. The molecule has 1 N–H and O–H groups in total. The Bertz CT molecular complexity index is 357. The minimum Gasteiger partial charge on any atom is -0.480 e. The molecule has 0 aliphatic heterocycles. The summed E-state index contributed by atoms with van der Waals surface area (Å²) < 4.78 is 0.959. The number of carboxylic acids is 1. The highest BCUT2D eigenvalue weighted by molar-refractivity contribution is 5.66. The summed E-state index contributed by atoms with van der Waals surface area (Å²) in [5.74, 6) is -1.50. The molecule has 0 fully saturated rings. The first-order valence-electron chi connectivity index (χ1n) is 3.28. The van der Waals surface area contributed by atoms with Crippen LogP contribution in [0.2, 0.25) is 0 Å². The molecule has 0 radical (unpaired) electrons. The van der Waals surface area contributed by atoms with Crippen molar-refractivity contribution in [1.29, 1.82) is 0 Å². The van der Waals surface area contributed by atoms with Crippen LogP contribution in [0.15, 0.2) is 0 Å². The molecule has 0 atom stereocenters. The van der Waals surface area contributed by atoms with Crippen molar-refractivity contribution in [2.45, 2.75) is 13.5 Å². The van der Waals surface area contributed by atoms with Crippen LogP contribution in [0.5, 0.6) is 0 Å². The molecular weight excluding hydrogens is 180 g/mol. The lowest BCUT2D eigenvalue weighted by atomic mass is 10.6. The Morgan fingerprint density at radius 2 is 2.38 bits per heavy atom. The molecule has 8 heteroatoms. The summed E-state index contributed by atoms with van der Waals surface area (Å²) in [6.45, 7) is 1.02. The van der Waals surface area contributed by atoms with Crippen LogP contribution >= 0.6 is 0 Å². The fourth-order valence-electron chi connectivity index (χ4n) is 0.760. The molecule has 1 aromatic heterocycles. The van der Waals surface area contributed by atoms with Crippen LogP contribution in [0, 0.1) is 17.0 Å². The van der Waals surface area contributed by atoms with Crippen molar-refractivity contribution in [2.75, 3.05) is 0 Å². The summed E-state index contributed by atoms with van der Waals surface area (Å²) in [4.78, 5) is 23.1. The number of nitrogens with zero attached hydrogens (tertiary/aromatic N) is 4. The monoisotopic (exact) mass is 186 g/mol. The highest BCUT2D eigenvalue weighted by Gasteiger charge is 2.19. The first-order chi connectivity index (χ1) is 6.00. The van der Waals surface area contributed by atoms with E-state index in [4.69, 9.17) is 5.11 Å². The molecule has 0 aliphatic carbocycles. The number of hydrogen-bond donors (Lipinski definition) is 1. The van der Waals surface area contributed by atoms with Crippen LogP contribution in [-0.4, -0.2) is 30.8 Å². The topological polar surface area (TPSA) is 111 Å². The summed E-state index contributed by atoms with van der Waals surface area (Å²) in [6.07, 6.45) is 0. The lowest BCUT2D eigenvalue weighted by molar-refractivity contribution is -0.394. The van der Waals surface area contributed by atoms with E-state index in [0.717, 1.165) is 4.68 Å². The van der Waals surface area contributed by atoms with Gasteiger partial charge in [-0.1, -0.05) is 0 Å². The third kappa shape index (κ3) is 1.98. The van der Waals surface area contributed by atoms with Gasteiger partial charge in [-0.15, -0.1) is 0 Å². The number of aryl methyl sites for hydroxylation is 1. The lowest BCUT2D eigenvalue weighted by Crippen LogP contribution is -2.11. The third-order valence-electron chi connectivity index (χ3n) is 1.29. The molecule has 0 saturated carbocycles. The average molecular weight is 186 g/mol. The second kappa shape index (κ2) is 3.17. The predicted molar refractivity (Wildman–Crippen MR) is 39.0 cm³/mol. The van der Waals surface area contributed by atoms with Crippen molar-refractivity contribution in [3.05, 3.63) is 15.9 Å². The van der Waals surface area contributed by atoms with E-state index >= 15 is 0 Å². The van der Waals surface area contributed by atoms with E-state index in [2.05, 4.69) is 10.1 Å². The molecule has 13 heavy (non-hydrogen) atoms. The molecule has 70 valence electrons. The van der Waals surface area contributed by atoms with E-state index in [-0.39, 0.29) is 5.82 Å². The lowest BCUT2D eigenvalue weighted by Gasteiger charge is -1.89. The Morgan fingerprint density at radius 3 is 2.77 bits per heavy atom.